The summed E-state index contributed by atoms with van der Waals surface area (Å²) in [4.78, 5) is 20.9. The van der Waals surface area contributed by atoms with Gasteiger partial charge in [0.15, 0.2) is 5.78 Å². The smallest absolute Gasteiger partial charge is 0.168 e. The Kier molecular flexibility index (Phi) is 23.9. The Labute approximate surface area is 229 Å². The predicted octanol–water partition coefficient (Wildman–Crippen LogP) is 9.74. The summed E-state index contributed by atoms with van der Waals surface area (Å²) in [6, 6.07) is 17.1. The number of allylic oxidation sites excluding steroid dienone is 1. The van der Waals surface area contributed by atoms with Crippen LogP contribution in [0.15, 0.2) is 55.1 Å². The molecule has 0 fully saturated rings. The van der Waals surface area contributed by atoms with E-state index < -0.39 is 18.3 Å². The van der Waals surface area contributed by atoms with Gasteiger partial charge in [-0.1, -0.05) is 141 Å². The first-order valence-electron chi connectivity index (χ1n) is 13.9. The molecule has 0 radical (unpaired) electrons. The third-order valence-corrected chi connectivity index (χ3v) is 6.57. The number of hydrogen-bond acceptors (Lipinski definition) is 3. The first-order valence-corrected chi connectivity index (χ1v) is 13.9. The average molecular weight is 513 g/mol. The fourth-order valence-corrected chi connectivity index (χ4v) is 2.81. The highest BCUT2D eigenvalue weighted by molar-refractivity contribution is 6.01. The largest absolute Gasteiger partial charge is 0.389 e. The number of hydrogen-bond donors (Lipinski definition) is 1. The second kappa shape index (κ2) is 22.7. The van der Waals surface area contributed by atoms with E-state index >= 15 is 0 Å². The van der Waals surface area contributed by atoms with Crippen molar-refractivity contribution in [1.29, 1.82) is 0 Å². The van der Waals surface area contributed by atoms with Gasteiger partial charge in [0, 0.05) is 0 Å². The molecule has 0 spiro atoms. The Morgan fingerprint density at radius 1 is 0.811 bits per heavy atom. The minimum absolute atomic E-state index is 0.200. The van der Waals surface area contributed by atoms with Crippen LogP contribution in [0.2, 0.25) is 0 Å². The molecular formula is C34H56O3. The van der Waals surface area contributed by atoms with Crippen molar-refractivity contribution >= 4 is 17.1 Å². The lowest BCUT2D eigenvalue weighted by atomic mass is 9.82. The van der Waals surface area contributed by atoms with Crippen molar-refractivity contribution in [3.8, 4) is 11.1 Å². The summed E-state index contributed by atoms with van der Waals surface area (Å²) in [5.41, 5.74) is 6.75. The second-order valence-electron chi connectivity index (χ2n) is 9.05. The molecule has 0 aliphatic heterocycles. The second-order valence-corrected chi connectivity index (χ2v) is 9.05. The van der Waals surface area contributed by atoms with E-state index in [1.165, 1.54) is 55.4 Å². The third kappa shape index (κ3) is 16.8. The van der Waals surface area contributed by atoms with Gasteiger partial charge in [0.05, 0.1) is 5.92 Å². The van der Waals surface area contributed by atoms with E-state index in [9.17, 15) is 9.59 Å². The monoisotopic (exact) mass is 512 g/mol. The van der Waals surface area contributed by atoms with E-state index in [-0.39, 0.29) is 5.78 Å². The van der Waals surface area contributed by atoms with Gasteiger partial charge in [-0.3, -0.25) is 9.59 Å². The van der Waals surface area contributed by atoms with Gasteiger partial charge >= 0.3 is 0 Å². The molecule has 0 bridgehead atoms. The van der Waals surface area contributed by atoms with Crippen LogP contribution in [-0.4, -0.2) is 23.3 Å². The van der Waals surface area contributed by atoms with Crippen LogP contribution in [0.3, 0.4) is 0 Å². The van der Waals surface area contributed by atoms with Crippen molar-refractivity contribution < 1.29 is 14.7 Å². The Bertz CT molecular complexity index is 849. The number of carbonyl (C=O) groups is 2. The van der Waals surface area contributed by atoms with Crippen LogP contribution in [0.4, 0.5) is 0 Å². The number of Topliss-reactive ketones (excluding diaryl/α,β-unsaturated/α-hetero) is 2. The summed E-state index contributed by atoms with van der Waals surface area (Å²) in [6.45, 7) is 27.5. The molecule has 2 rings (SSSR count). The molecule has 2 aromatic rings. The lowest BCUT2D eigenvalue weighted by Gasteiger charge is -2.23. The fraction of sp³-hybridized carbons (Fsp3) is 0.529. The molecule has 0 aromatic heterocycles. The zero-order chi connectivity index (χ0) is 29.6. The highest BCUT2D eigenvalue weighted by Crippen LogP contribution is 2.28. The lowest BCUT2D eigenvalue weighted by Crippen LogP contribution is -2.21. The van der Waals surface area contributed by atoms with Crippen molar-refractivity contribution in [2.45, 2.75) is 102 Å². The van der Waals surface area contributed by atoms with Gasteiger partial charge in [0.1, 0.15) is 12.4 Å². The molecule has 0 aliphatic rings. The van der Waals surface area contributed by atoms with Gasteiger partial charge in [0.25, 0.3) is 0 Å². The minimum Gasteiger partial charge on any atom is -0.389 e. The number of aliphatic hydroxyl groups excluding tert-OH is 1. The SMILES string of the molecule is C=C(C)c1ccc(-c2ccc(C)cc2)cc1.CC.CC.CC(=O)C(C)C(=O)CO.CCC(C)(CC)CC. The Morgan fingerprint density at radius 3 is 1.38 bits per heavy atom. The zero-order valence-electron chi connectivity index (χ0n) is 26.0. The molecule has 2 aromatic carbocycles. The predicted molar refractivity (Wildman–Crippen MR) is 165 cm³/mol. The Hall–Kier alpha value is -2.52. The number of ketones is 2. The number of benzene rings is 2. The highest BCUT2D eigenvalue weighted by atomic mass is 16.3. The first-order chi connectivity index (χ1) is 17.4. The van der Waals surface area contributed by atoms with Crippen molar-refractivity contribution in [3.05, 3.63) is 66.2 Å². The van der Waals surface area contributed by atoms with E-state index in [0.717, 1.165) is 5.57 Å². The maximum absolute atomic E-state index is 10.5. The number of rotatable bonds is 8. The maximum Gasteiger partial charge on any atom is 0.168 e. The first kappa shape index (κ1) is 39.0. The van der Waals surface area contributed by atoms with E-state index in [2.05, 4.69) is 89.7 Å². The Balaban J connectivity index is -0.000000474. The van der Waals surface area contributed by atoms with Crippen LogP contribution in [0.5, 0.6) is 0 Å². The number of carbonyl (C=O) groups excluding carboxylic acids is 2. The third-order valence-electron chi connectivity index (χ3n) is 6.57. The van der Waals surface area contributed by atoms with Crippen molar-refractivity contribution in [1.82, 2.24) is 0 Å². The summed E-state index contributed by atoms with van der Waals surface area (Å²) >= 11 is 0. The van der Waals surface area contributed by atoms with Gasteiger partial charge in [-0.05, 0) is 49.8 Å². The molecule has 0 saturated carbocycles. The summed E-state index contributed by atoms with van der Waals surface area (Å²) in [6.07, 6.45) is 3.96. The molecular weight excluding hydrogens is 456 g/mol. The van der Waals surface area contributed by atoms with Crippen molar-refractivity contribution in [2.24, 2.45) is 11.3 Å². The van der Waals surface area contributed by atoms with Crippen LogP contribution < -0.4 is 0 Å². The molecule has 1 N–H and O–H groups in total. The molecule has 0 aliphatic carbocycles. The topological polar surface area (TPSA) is 54.4 Å². The van der Waals surface area contributed by atoms with Gasteiger partial charge in [-0.15, -0.1) is 0 Å². The molecule has 3 nitrogen and oxygen atoms in total. The summed E-state index contributed by atoms with van der Waals surface area (Å²) in [5, 5.41) is 8.25. The summed E-state index contributed by atoms with van der Waals surface area (Å²) in [7, 11) is 0. The van der Waals surface area contributed by atoms with E-state index in [0.29, 0.717) is 5.41 Å². The standard InChI is InChI=1S/C16H16.C8H18.C6H10O3.2C2H6/c1-12(2)14-8-10-16(11-9-14)15-6-4-13(3)5-7-15;1-5-8(4,6-2)7-3;1-4(5(2)8)6(9)3-7;2*1-2/h4-11H,1H2,2-3H3;5-7H2,1-4H3;4,7H,3H2,1-2H3;2*1-2H3. The quantitative estimate of drug-likeness (QED) is 0.358. The van der Waals surface area contributed by atoms with Crippen molar-refractivity contribution in [2.75, 3.05) is 6.61 Å². The van der Waals surface area contributed by atoms with Crippen LogP contribution in [-0.2, 0) is 9.59 Å². The Morgan fingerprint density at radius 2 is 1.16 bits per heavy atom. The molecule has 0 heterocycles. The lowest BCUT2D eigenvalue weighted by molar-refractivity contribution is -0.132. The van der Waals surface area contributed by atoms with E-state index in [1.807, 2.05) is 34.6 Å². The molecule has 1 atom stereocenters. The van der Waals surface area contributed by atoms with Crippen LogP contribution in [0.25, 0.3) is 16.7 Å². The molecule has 210 valence electrons. The molecule has 37 heavy (non-hydrogen) atoms. The van der Waals surface area contributed by atoms with Crippen LogP contribution in [0.1, 0.15) is 107 Å². The van der Waals surface area contributed by atoms with E-state index in [1.54, 1.807) is 0 Å². The molecule has 0 amide bonds. The van der Waals surface area contributed by atoms with Gasteiger partial charge in [-0.25, -0.2) is 0 Å². The molecule has 3 heteroatoms. The fourth-order valence-electron chi connectivity index (χ4n) is 2.81. The average Bonchev–Trinajstić information content (AvgIpc) is 2.95. The van der Waals surface area contributed by atoms with E-state index in [4.69, 9.17) is 5.11 Å². The normalized spacial score (nSPS) is 10.4. The summed E-state index contributed by atoms with van der Waals surface area (Å²) < 4.78 is 0. The number of aryl methyl sites for hydroxylation is 1. The van der Waals surface area contributed by atoms with Gasteiger partial charge in [-0.2, -0.15) is 0 Å². The van der Waals surface area contributed by atoms with Gasteiger partial charge in [0.2, 0.25) is 0 Å². The zero-order valence-corrected chi connectivity index (χ0v) is 26.0. The van der Waals surface area contributed by atoms with Crippen LogP contribution >= 0.6 is 0 Å². The maximum atomic E-state index is 10.5. The van der Waals surface area contributed by atoms with Gasteiger partial charge < -0.3 is 5.11 Å². The summed E-state index contributed by atoms with van der Waals surface area (Å²) in [5.74, 6) is -1.26. The van der Waals surface area contributed by atoms with Crippen molar-refractivity contribution in [3.63, 3.8) is 0 Å². The molecule has 0 saturated heterocycles. The van der Waals surface area contributed by atoms with Crippen LogP contribution in [0, 0.1) is 18.3 Å². The molecule has 1 unspecified atom stereocenters. The number of aliphatic hydroxyl groups is 1. The highest BCUT2D eigenvalue weighted by Gasteiger charge is 2.15. The minimum atomic E-state index is -0.644.